The maximum atomic E-state index is 12.6. The molecule has 30 heavy (non-hydrogen) atoms. The van der Waals surface area contributed by atoms with Gasteiger partial charge in [-0.1, -0.05) is 12.1 Å². The number of aromatic nitrogens is 6. The second-order valence-corrected chi connectivity index (χ2v) is 6.71. The van der Waals surface area contributed by atoms with Crippen LogP contribution in [0.3, 0.4) is 0 Å². The van der Waals surface area contributed by atoms with Crippen LogP contribution < -0.4 is 10.6 Å². The van der Waals surface area contributed by atoms with Gasteiger partial charge in [-0.25, -0.2) is 14.6 Å². The van der Waals surface area contributed by atoms with Gasteiger partial charge in [0, 0.05) is 11.9 Å². The Morgan fingerprint density at radius 1 is 1.27 bits per heavy atom. The van der Waals surface area contributed by atoms with E-state index in [2.05, 4.69) is 35.9 Å². The van der Waals surface area contributed by atoms with Crippen molar-refractivity contribution < 1.29 is 13.6 Å². The number of fused-ring (bicyclic) bond motifs is 1. The van der Waals surface area contributed by atoms with Crippen molar-refractivity contribution in [3.05, 3.63) is 59.7 Å². The lowest BCUT2D eigenvalue weighted by Gasteiger charge is -2.16. The number of halogens is 2. The van der Waals surface area contributed by atoms with Gasteiger partial charge in [0.05, 0.1) is 29.7 Å². The molecule has 0 radical (unpaired) electrons. The molecule has 0 unspecified atom stereocenters. The van der Waals surface area contributed by atoms with Gasteiger partial charge in [0.2, 0.25) is 0 Å². The molecular formula is C19H18F2N8O. The minimum Gasteiger partial charge on any atom is -0.362 e. The van der Waals surface area contributed by atoms with Crippen molar-refractivity contribution >= 4 is 28.6 Å². The molecule has 0 bridgehead atoms. The summed E-state index contributed by atoms with van der Waals surface area (Å²) in [5.41, 5.74) is 3.53. The highest BCUT2D eigenvalue weighted by atomic mass is 19.3. The summed E-state index contributed by atoms with van der Waals surface area (Å²) in [5.74, 6) is 0.0692. The van der Waals surface area contributed by atoms with E-state index >= 15 is 0 Å². The van der Waals surface area contributed by atoms with Crippen LogP contribution in [0.2, 0.25) is 0 Å². The van der Waals surface area contributed by atoms with Crippen molar-refractivity contribution in [2.24, 2.45) is 0 Å². The standard InChI is InChI=1S/C19H18F2N8O/c1-10(24-15-8-22-17-16(26-15)11(2)27-28-17)12-4-3-5-14(6-12)25-18(30)13-7-23-29(9-13)19(20)21/h3-10,19H,1-2H3,(H,24,26)(H,25,30)(H,22,27,28)/t10-/m0/s1. The van der Waals surface area contributed by atoms with E-state index in [1.807, 2.05) is 19.9 Å². The topological polar surface area (TPSA) is 113 Å². The first kappa shape index (κ1) is 19.4. The number of benzene rings is 1. The Labute approximate surface area is 169 Å². The van der Waals surface area contributed by atoms with E-state index in [1.165, 1.54) is 0 Å². The van der Waals surface area contributed by atoms with Crippen LogP contribution in [0.1, 0.15) is 41.1 Å². The third kappa shape index (κ3) is 3.95. The van der Waals surface area contributed by atoms with Gasteiger partial charge in [0.15, 0.2) is 5.65 Å². The Bertz CT molecular complexity index is 1200. The lowest BCUT2D eigenvalue weighted by molar-refractivity contribution is 0.0565. The highest BCUT2D eigenvalue weighted by molar-refractivity contribution is 6.03. The molecule has 0 saturated heterocycles. The predicted octanol–water partition coefficient (Wildman–Crippen LogP) is 3.68. The van der Waals surface area contributed by atoms with Crippen molar-refractivity contribution in [2.75, 3.05) is 10.6 Å². The number of nitrogens with zero attached hydrogens (tertiary/aromatic N) is 5. The van der Waals surface area contributed by atoms with Gasteiger partial charge in [-0.3, -0.25) is 9.89 Å². The number of hydrogen-bond donors (Lipinski definition) is 3. The monoisotopic (exact) mass is 412 g/mol. The number of carbonyl (C=O) groups is 1. The van der Waals surface area contributed by atoms with Crippen LogP contribution in [0, 0.1) is 6.92 Å². The maximum Gasteiger partial charge on any atom is 0.333 e. The van der Waals surface area contributed by atoms with Crippen LogP contribution in [0.4, 0.5) is 20.3 Å². The fourth-order valence-corrected chi connectivity index (χ4v) is 2.93. The summed E-state index contributed by atoms with van der Waals surface area (Å²) in [6.07, 6.45) is 3.70. The molecule has 1 aromatic carbocycles. The average molecular weight is 412 g/mol. The lowest BCUT2D eigenvalue weighted by atomic mass is 10.1. The Kier molecular flexibility index (Phi) is 5.09. The molecule has 0 saturated carbocycles. The zero-order valence-corrected chi connectivity index (χ0v) is 16.1. The first-order chi connectivity index (χ1) is 14.4. The average Bonchev–Trinajstić information content (AvgIpc) is 3.36. The second-order valence-electron chi connectivity index (χ2n) is 6.71. The van der Waals surface area contributed by atoms with Crippen LogP contribution in [0.5, 0.6) is 0 Å². The van der Waals surface area contributed by atoms with Crippen LogP contribution >= 0.6 is 0 Å². The van der Waals surface area contributed by atoms with Crippen molar-refractivity contribution in [3.63, 3.8) is 0 Å². The van der Waals surface area contributed by atoms with Gasteiger partial charge in [-0.15, -0.1) is 0 Å². The third-order valence-corrected chi connectivity index (χ3v) is 4.51. The number of carbonyl (C=O) groups excluding carboxylic acids is 1. The molecular weight excluding hydrogens is 394 g/mol. The highest BCUT2D eigenvalue weighted by Gasteiger charge is 2.14. The smallest absolute Gasteiger partial charge is 0.333 e. The van der Waals surface area contributed by atoms with Gasteiger partial charge in [0.1, 0.15) is 11.3 Å². The molecule has 0 aliphatic heterocycles. The van der Waals surface area contributed by atoms with E-state index < -0.39 is 12.5 Å². The quantitative estimate of drug-likeness (QED) is 0.445. The number of aromatic amines is 1. The Balaban J connectivity index is 1.47. The number of nitrogens with one attached hydrogen (secondary N) is 3. The number of hydrogen-bond acceptors (Lipinski definition) is 6. The summed E-state index contributed by atoms with van der Waals surface area (Å²) in [6.45, 7) is 1.02. The number of alkyl halides is 2. The number of amides is 1. The second kappa shape index (κ2) is 7.85. The molecule has 11 heteroatoms. The van der Waals surface area contributed by atoms with E-state index in [9.17, 15) is 13.6 Å². The van der Waals surface area contributed by atoms with E-state index in [4.69, 9.17) is 0 Å². The fraction of sp³-hybridized carbons (Fsp3) is 0.211. The van der Waals surface area contributed by atoms with Crippen LogP contribution in [0.15, 0.2) is 42.9 Å². The van der Waals surface area contributed by atoms with Gasteiger partial charge in [-0.2, -0.15) is 19.0 Å². The van der Waals surface area contributed by atoms with Crippen molar-refractivity contribution in [3.8, 4) is 0 Å². The third-order valence-electron chi connectivity index (χ3n) is 4.51. The summed E-state index contributed by atoms with van der Waals surface area (Å²) in [7, 11) is 0. The first-order valence-corrected chi connectivity index (χ1v) is 9.08. The minimum atomic E-state index is -2.80. The maximum absolute atomic E-state index is 12.6. The molecule has 1 atom stereocenters. The highest BCUT2D eigenvalue weighted by Crippen LogP contribution is 2.22. The summed E-state index contributed by atoms with van der Waals surface area (Å²) < 4.78 is 25.7. The molecule has 4 aromatic rings. The molecule has 0 fully saturated rings. The fourth-order valence-electron chi connectivity index (χ4n) is 2.93. The van der Waals surface area contributed by atoms with Crippen LogP contribution in [0.25, 0.3) is 11.2 Å². The molecule has 3 heterocycles. The SMILES string of the molecule is Cc1[nH]nc2ncc(N[C@@H](C)c3cccc(NC(=O)c4cnn(C(F)F)c4)c3)nc12. The minimum absolute atomic E-state index is 0.0472. The summed E-state index contributed by atoms with van der Waals surface area (Å²) >= 11 is 0. The summed E-state index contributed by atoms with van der Waals surface area (Å²) in [6, 6.07) is 7.06. The van der Waals surface area contributed by atoms with E-state index in [-0.39, 0.29) is 11.6 Å². The molecule has 1 amide bonds. The molecule has 0 aliphatic carbocycles. The zero-order valence-electron chi connectivity index (χ0n) is 16.1. The van der Waals surface area contributed by atoms with Gasteiger partial charge >= 0.3 is 6.55 Å². The predicted molar refractivity (Wildman–Crippen MR) is 106 cm³/mol. The van der Waals surface area contributed by atoms with Crippen molar-refractivity contribution in [1.82, 2.24) is 29.9 Å². The normalized spacial score (nSPS) is 12.3. The van der Waals surface area contributed by atoms with Crippen LogP contribution in [-0.4, -0.2) is 35.9 Å². The van der Waals surface area contributed by atoms with Crippen molar-refractivity contribution in [1.29, 1.82) is 0 Å². The Hall–Kier alpha value is -3.89. The van der Waals surface area contributed by atoms with Gasteiger partial charge in [0.25, 0.3) is 5.91 Å². The number of anilines is 2. The van der Waals surface area contributed by atoms with E-state index in [1.54, 1.807) is 24.4 Å². The molecule has 9 nitrogen and oxygen atoms in total. The number of H-pyrrole nitrogens is 1. The summed E-state index contributed by atoms with van der Waals surface area (Å²) in [5, 5.41) is 16.3. The molecule has 0 aliphatic rings. The number of rotatable bonds is 6. The van der Waals surface area contributed by atoms with E-state index in [0.29, 0.717) is 27.4 Å². The molecule has 3 N–H and O–H groups in total. The molecule has 154 valence electrons. The number of aryl methyl sites for hydroxylation is 1. The lowest BCUT2D eigenvalue weighted by Crippen LogP contribution is -2.13. The summed E-state index contributed by atoms with van der Waals surface area (Å²) in [4.78, 5) is 21.1. The van der Waals surface area contributed by atoms with E-state index in [0.717, 1.165) is 23.7 Å². The van der Waals surface area contributed by atoms with Gasteiger partial charge in [-0.05, 0) is 31.5 Å². The largest absolute Gasteiger partial charge is 0.362 e. The Morgan fingerprint density at radius 2 is 2.10 bits per heavy atom. The molecule has 0 spiro atoms. The Morgan fingerprint density at radius 3 is 2.87 bits per heavy atom. The zero-order chi connectivity index (χ0) is 21.3. The molecule has 3 aromatic heterocycles. The van der Waals surface area contributed by atoms with Crippen LogP contribution in [-0.2, 0) is 0 Å². The molecule has 4 rings (SSSR count). The van der Waals surface area contributed by atoms with Gasteiger partial charge < -0.3 is 10.6 Å². The van der Waals surface area contributed by atoms with Crippen molar-refractivity contribution in [2.45, 2.75) is 26.4 Å². The first-order valence-electron chi connectivity index (χ1n) is 9.08.